The van der Waals surface area contributed by atoms with Crippen molar-refractivity contribution in [2.45, 2.75) is 32.5 Å². The fourth-order valence-corrected chi connectivity index (χ4v) is 3.37. The minimum atomic E-state index is -0.358. The van der Waals surface area contributed by atoms with Gasteiger partial charge in [-0.05, 0) is 19.4 Å². The summed E-state index contributed by atoms with van der Waals surface area (Å²) in [5.74, 6) is 0.0250. The Morgan fingerprint density at radius 3 is 2.71 bits per heavy atom. The molecule has 0 aromatic heterocycles. The quantitative estimate of drug-likeness (QED) is 0.826. The molecular formula is C16H21N3O2. The van der Waals surface area contributed by atoms with Crippen LogP contribution >= 0.6 is 0 Å². The fraction of sp³-hybridized carbons (Fsp3) is 0.500. The first-order chi connectivity index (χ1) is 9.97. The van der Waals surface area contributed by atoms with Gasteiger partial charge in [-0.2, -0.15) is 0 Å². The summed E-state index contributed by atoms with van der Waals surface area (Å²) in [5.41, 5.74) is 2.33. The number of likely N-dealkylation sites (N-methyl/N-ethyl adjacent to an activating group) is 1. The lowest BCUT2D eigenvalue weighted by Crippen LogP contribution is -2.58. The minimum absolute atomic E-state index is 0.0181. The van der Waals surface area contributed by atoms with Crippen molar-refractivity contribution < 1.29 is 9.59 Å². The highest BCUT2D eigenvalue weighted by molar-refractivity contribution is 5.89. The molecule has 0 bridgehead atoms. The van der Waals surface area contributed by atoms with Crippen LogP contribution in [0.4, 0.5) is 4.79 Å². The molecule has 0 spiro atoms. The Hall–Kier alpha value is -2.04. The van der Waals surface area contributed by atoms with Crippen LogP contribution in [0.3, 0.4) is 0 Å². The van der Waals surface area contributed by atoms with Gasteiger partial charge < -0.3 is 14.7 Å². The fourth-order valence-electron chi connectivity index (χ4n) is 3.37. The van der Waals surface area contributed by atoms with Crippen molar-refractivity contribution >= 4 is 11.9 Å². The highest BCUT2D eigenvalue weighted by Gasteiger charge is 2.46. The lowest BCUT2D eigenvalue weighted by Gasteiger charge is -2.38. The topological polar surface area (TPSA) is 43.9 Å². The summed E-state index contributed by atoms with van der Waals surface area (Å²) in [6, 6.07) is 7.94. The molecule has 2 atom stereocenters. The van der Waals surface area contributed by atoms with Crippen molar-refractivity contribution in [1.29, 1.82) is 0 Å². The molecule has 21 heavy (non-hydrogen) atoms. The number of hydrogen-bond donors (Lipinski definition) is 0. The summed E-state index contributed by atoms with van der Waals surface area (Å²) in [5, 5.41) is 0. The van der Waals surface area contributed by atoms with E-state index < -0.39 is 0 Å². The molecule has 1 aromatic rings. The molecule has 0 unspecified atom stereocenters. The number of nitrogens with zero attached hydrogens (tertiary/aromatic N) is 3. The van der Waals surface area contributed by atoms with Crippen LogP contribution in [-0.4, -0.2) is 58.9 Å². The van der Waals surface area contributed by atoms with E-state index in [1.807, 2.05) is 44.0 Å². The van der Waals surface area contributed by atoms with Crippen LogP contribution in [0.2, 0.25) is 0 Å². The molecule has 2 fully saturated rings. The van der Waals surface area contributed by atoms with Crippen LogP contribution in [0.5, 0.6) is 0 Å². The number of fused-ring (bicyclic) bond motifs is 1. The molecule has 3 amide bonds. The number of piperazine rings is 1. The standard InChI is InChI=1S/C16H21N3O2/c1-11-5-4-6-13(7-11)8-18-10-14-9-17(3)15(20)12(2)19(14)16(18)21/h4-7,12,14H,8-10H2,1-3H3/t12-,14-/m0/s1. The van der Waals surface area contributed by atoms with Gasteiger partial charge in [0.05, 0.1) is 6.04 Å². The Morgan fingerprint density at radius 2 is 2.00 bits per heavy atom. The van der Waals surface area contributed by atoms with E-state index >= 15 is 0 Å². The van der Waals surface area contributed by atoms with Gasteiger partial charge in [-0.1, -0.05) is 29.8 Å². The van der Waals surface area contributed by atoms with Crippen LogP contribution in [0.1, 0.15) is 18.1 Å². The van der Waals surface area contributed by atoms with E-state index in [2.05, 4.69) is 6.07 Å². The molecule has 0 radical (unpaired) electrons. The van der Waals surface area contributed by atoms with E-state index in [4.69, 9.17) is 0 Å². The highest BCUT2D eigenvalue weighted by atomic mass is 16.2. The Kier molecular flexibility index (Phi) is 3.35. The van der Waals surface area contributed by atoms with Crippen molar-refractivity contribution in [3.8, 4) is 0 Å². The first kappa shape index (κ1) is 13.9. The molecule has 1 aromatic carbocycles. The van der Waals surface area contributed by atoms with Crippen molar-refractivity contribution in [3.63, 3.8) is 0 Å². The second-order valence-electron chi connectivity index (χ2n) is 6.11. The lowest BCUT2D eigenvalue weighted by molar-refractivity contribution is -0.139. The van der Waals surface area contributed by atoms with E-state index in [9.17, 15) is 9.59 Å². The summed E-state index contributed by atoms with van der Waals surface area (Å²) in [4.78, 5) is 29.9. The molecule has 2 saturated heterocycles. The van der Waals surface area contributed by atoms with Gasteiger partial charge in [0, 0.05) is 26.7 Å². The zero-order chi connectivity index (χ0) is 15.1. The van der Waals surface area contributed by atoms with Crippen LogP contribution in [0, 0.1) is 6.92 Å². The van der Waals surface area contributed by atoms with E-state index in [1.165, 1.54) is 5.56 Å². The van der Waals surface area contributed by atoms with Gasteiger partial charge >= 0.3 is 6.03 Å². The monoisotopic (exact) mass is 287 g/mol. The predicted molar refractivity (Wildman–Crippen MR) is 79.7 cm³/mol. The Morgan fingerprint density at radius 1 is 1.24 bits per heavy atom. The second kappa shape index (κ2) is 5.06. The van der Waals surface area contributed by atoms with Gasteiger partial charge in [-0.15, -0.1) is 0 Å². The SMILES string of the molecule is Cc1cccc(CN2C[C@@H]3CN(C)C(=O)[C@H](C)N3C2=O)c1. The summed E-state index contributed by atoms with van der Waals surface area (Å²) >= 11 is 0. The zero-order valence-electron chi connectivity index (χ0n) is 12.7. The Bertz CT molecular complexity index is 587. The number of aryl methyl sites for hydroxylation is 1. The molecule has 2 heterocycles. The third-order valence-corrected chi connectivity index (χ3v) is 4.41. The maximum atomic E-state index is 12.6. The molecule has 5 heteroatoms. The number of carbonyl (C=O) groups excluding carboxylic acids is 2. The minimum Gasteiger partial charge on any atom is -0.342 e. The van der Waals surface area contributed by atoms with Gasteiger partial charge in [0.1, 0.15) is 6.04 Å². The highest BCUT2D eigenvalue weighted by Crippen LogP contribution is 2.26. The molecular weight excluding hydrogens is 266 g/mol. The number of carbonyl (C=O) groups is 2. The number of rotatable bonds is 2. The number of benzene rings is 1. The van der Waals surface area contributed by atoms with Gasteiger partial charge in [0.2, 0.25) is 5.91 Å². The zero-order valence-corrected chi connectivity index (χ0v) is 12.7. The molecule has 3 rings (SSSR count). The van der Waals surface area contributed by atoms with Gasteiger partial charge in [-0.3, -0.25) is 4.79 Å². The Balaban J connectivity index is 1.78. The summed E-state index contributed by atoms with van der Waals surface area (Å²) in [6.45, 7) is 5.79. The number of urea groups is 1. The van der Waals surface area contributed by atoms with E-state index in [0.717, 1.165) is 5.56 Å². The third-order valence-electron chi connectivity index (χ3n) is 4.41. The summed E-state index contributed by atoms with van der Waals surface area (Å²) in [6.07, 6.45) is 0. The van der Waals surface area contributed by atoms with Crippen LogP contribution in [0.15, 0.2) is 24.3 Å². The van der Waals surface area contributed by atoms with Crippen LogP contribution in [-0.2, 0) is 11.3 Å². The summed E-state index contributed by atoms with van der Waals surface area (Å²) < 4.78 is 0. The third kappa shape index (κ3) is 2.37. The first-order valence-corrected chi connectivity index (χ1v) is 7.35. The maximum absolute atomic E-state index is 12.6. The second-order valence-corrected chi connectivity index (χ2v) is 6.11. The van der Waals surface area contributed by atoms with Gasteiger partial charge in [0.25, 0.3) is 0 Å². The number of amides is 3. The van der Waals surface area contributed by atoms with Crippen molar-refractivity contribution in [1.82, 2.24) is 14.7 Å². The lowest BCUT2D eigenvalue weighted by atomic mass is 10.1. The molecule has 112 valence electrons. The van der Waals surface area contributed by atoms with Crippen molar-refractivity contribution in [3.05, 3.63) is 35.4 Å². The number of hydrogen-bond acceptors (Lipinski definition) is 2. The van der Waals surface area contributed by atoms with Crippen molar-refractivity contribution in [2.24, 2.45) is 0 Å². The molecule has 2 aliphatic rings. The van der Waals surface area contributed by atoms with E-state index in [0.29, 0.717) is 19.6 Å². The van der Waals surface area contributed by atoms with Gasteiger partial charge in [-0.25, -0.2) is 4.79 Å². The van der Waals surface area contributed by atoms with Crippen LogP contribution < -0.4 is 0 Å². The normalized spacial score (nSPS) is 25.6. The van der Waals surface area contributed by atoms with E-state index in [1.54, 1.807) is 9.80 Å². The predicted octanol–water partition coefficient (Wildman–Crippen LogP) is 1.46. The van der Waals surface area contributed by atoms with E-state index in [-0.39, 0.29) is 24.0 Å². The first-order valence-electron chi connectivity index (χ1n) is 7.35. The smallest absolute Gasteiger partial charge is 0.321 e. The molecule has 0 saturated carbocycles. The maximum Gasteiger partial charge on any atom is 0.321 e. The average molecular weight is 287 g/mol. The molecule has 0 aliphatic carbocycles. The molecule has 0 N–H and O–H groups in total. The van der Waals surface area contributed by atoms with Crippen molar-refractivity contribution in [2.75, 3.05) is 20.1 Å². The Labute approximate surface area is 125 Å². The average Bonchev–Trinajstić information content (AvgIpc) is 2.73. The summed E-state index contributed by atoms with van der Waals surface area (Å²) in [7, 11) is 1.81. The van der Waals surface area contributed by atoms with Crippen LogP contribution in [0.25, 0.3) is 0 Å². The van der Waals surface area contributed by atoms with Gasteiger partial charge in [0.15, 0.2) is 0 Å². The molecule has 2 aliphatic heterocycles. The molecule has 5 nitrogen and oxygen atoms in total. The largest absolute Gasteiger partial charge is 0.342 e.